The summed E-state index contributed by atoms with van der Waals surface area (Å²) < 4.78 is 5.45. The van der Waals surface area contributed by atoms with E-state index in [0.29, 0.717) is 17.6 Å². The lowest BCUT2D eigenvalue weighted by atomic mass is 10.1. The molecule has 0 aliphatic heterocycles. The van der Waals surface area contributed by atoms with E-state index in [1.54, 1.807) is 6.20 Å². The summed E-state index contributed by atoms with van der Waals surface area (Å²) in [6.07, 6.45) is 1.79. The fourth-order valence-corrected chi connectivity index (χ4v) is 2.83. The van der Waals surface area contributed by atoms with E-state index in [2.05, 4.69) is 41.2 Å². The van der Waals surface area contributed by atoms with Crippen molar-refractivity contribution < 1.29 is 9.53 Å². The Morgan fingerprint density at radius 3 is 2.29 bits per heavy atom. The van der Waals surface area contributed by atoms with Gasteiger partial charge in [-0.2, -0.15) is 0 Å². The number of hydrogen-bond acceptors (Lipinski definition) is 4. The quantitative estimate of drug-likeness (QED) is 0.629. The van der Waals surface area contributed by atoms with Crippen LogP contribution in [0.1, 0.15) is 19.4 Å². The van der Waals surface area contributed by atoms with Crippen molar-refractivity contribution in [1.82, 2.24) is 4.98 Å². The van der Waals surface area contributed by atoms with E-state index in [1.807, 2.05) is 60.7 Å². The summed E-state index contributed by atoms with van der Waals surface area (Å²) in [5, 5.41) is 2.76. The molecule has 2 aromatic carbocycles. The van der Waals surface area contributed by atoms with Gasteiger partial charge < -0.3 is 15.0 Å². The summed E-state index contributed by atoms with van der Waals surface area (Å²) >= 11 is 0. The molecule has 3 rings (SSSR count). The third-order valence-electron chi connectivity index (χ3n) is 4.28. The van der Waals surface area contributed by atoms with Gasteiger partial charge >= 0.3 is 0 Å². The number of nitrogens with zero attached hydrogens (tertiary/aromatic N) is 2. The lowest BCUT2D eigenvalue weighted by Crippen LogP contribution is -2.30. The molecule has 0 unspecified atom stereocenters. The summed E-state index contributed by atoms with van der Waals surface area (Å²) in [4.78, 5) is 18.7. The maximum Gasteiger partial charge on any atom is 0.263 e. The normalized spacial score (nSPS) is 10.5. The van der Waals surface area contributed by atoms with Crippen molar-refractivity contribution in [3.63, 3.8) is 0 Å². The molecule has 144 valence electrons. The minimum Gasteiger partial charge on any atom is -0.484 e. The average Bonchev–Trinajstić information content (AvgIpc) is 2.72. The van der Waals surface area contributed by atoms with Crippen LogP contribution < -0.4 is 15.0 Å². The first-order valence-electron chi connectivity index (χ1n) is 9.36. The van der Waals surface area contributed by atoms with Crippen LogP contribution in [0.15, 0.2) is 79.0 Å². The number of ether oxygens (including phenoxy) is 1. The van der Waals surface area contributed by atoms with E-state index >= 15 is 0 Å². The van der Waals surface area contributed by atoms with E-state index in [0.717, 1.165) is 12.2 Å². The van der Waals surface area contributed by atoms with Gasteiger partial charge in [-0.1, -0.05) is 48.5 Å². The zero-order valence-electron chi connectivity index (χ0n) is 16.2. The Morgan fingerprint density at radius 1 is 1.00 bits per heavy atom. The lowest BCUT2D eigenvalue weighted by molar-refractivity contribution is -0.118. The van der Waals surface area contributed by atoms with Crippen molar-refractivity contribution in [2.45, 2.75) is 26.4 Å². The summed E-state index contributed by atoms with van der Waals surface area (Å²) in [7, 11) is 0. The van der Waals surface area contributed by atoms with Crippen molar-refractivity contribution in [2.75, 3.05) is 16.8 Å². The number of anilines is 2. The maximum absolute atomic E-state index is 12.1. The fourth-order valence-electron chi connectivity index (χ4n) is 2.83. The Labute approximate surface area is 166 Å². The first-order valence-corrected chi connectivity index (χ1v) is 9.36. The summed E-state index contributed by atoms with van der Waals surface area (Å²) in [5.74, 6) is 0.928. The third-order valence-corrected chi connectivity index (χ3v) is 4.28. The molecule has 1 aromatic heterocycles. The Bertz CT molecular complexity index is 865. The molecule has 0 fully saturated rings. The van der Waals surface area contributed by atoms with Crippen LogP contribution in [0.4, 0.5) is 11.5 Å². The van der Waals surface area contributed by atoms with Gasteiger partial charge in [-0.25, -0.2) is 4.98 Å². The highest BCUT2D eigenvalue weighted by Gasteiger charge is 2.12. The van der Waals surface area contributed by atoms with Crippen LogP contribution in [-0.4, -0.2) is 23.5 Å². The minimum absolute atomic E-state index is 0.0560. The van der Waals surface area contributed by atoms with Crippen LogP contribution in [0.25, 0.3) is 0 Å². The highest BCUT2D eigenvalue weighted by molar-refractivity contribution is 5.91. The molecule has 0 radical (unpaired) electrons. The number of benzene rings is 2. The third kappa shape index (κ3) is 5.58. The smallest absolute Gasteiger partial charge is 0.263 e. The zero-order valence-corrected chi connectivity index (χ0v) is 16.2. The second-order valence-corrected chi connectivity index (χ2v) is 6.76. The van der Waals surface area contributed by atoms with Crippen LogP contribution in [-0.2, 0) is 11.3 Å². The van der Waals surface area contributed by atoms with Crippen LogP contribution in [0.3, 0.4) is 0 Å². The number of carbonyl (C=O) groups is 1. The van der Waals surface area contributed by atoms with Crippen LogP contribution in [0.5, 0.6) is 5.75 Å². The molecular weight excluding hydrogens is 350 g/mol. The van der Waals surface area contributed by atoms with E-state index < -0.39 is 0 Å². The summed E-state index contributed by atoms with van der Waals surface area (Å²) in [6.45, 7) is 5.05. The monoisotopic (exact) mass is 375 g/mol. The molecule has 0 bridgehead atoms. The fraction of sp³-hybridized carbons (Fsp3) is 0.217. The van der Waals surface area contributed by atoms with Gasteiger partial charge in [0, 0.05) is 12.6 Å². The van der Waals surface area contributed by atoms with Gasteiger partial charge in [-0.15, -0.1) is 0 Å². The number of carbonyl (C=O) groups excluding carboxylic acids is 1. The molecule has 1 amide bonds. The summed E-state index contributed by atoms with van der Waals surface area (Å²) in [5.41, 5.74) is 2.25. The van der Waals surface area contributed by atoms with Gasteiger partial charge in [0.25, 0.3) is 5.91 Å². The Kier molecular flexibility index (Phi) is 6.63. The van der Waals surface area contributed by atoms with Gasteiger partial charge in [0.2, 0.25) is 0 Å². The number of amides is 1. The molecule has 1 heterocycles. The first-order chi connectivity index (χ1) is 13.6. The van der Waals surface area contributed by atoms with E-state index in [9.17, 15) is 4.79 Å². The van der Waals surface area contributed by atoms with Gasteiger partial charge in [0.05, 0.1) is 11.9 Å². The Hall–Kier alpha value is -3.34. The van der Waals surface area contributed by atoms with Crippen LogP contribution in [0.2, 0.25) is 0 Å². The molecule has 0 aliphatic rings. The number of nitrogens with one attached hydrogen (secondary N) is 1. The van der Waals surface area contributed by atoms with Crippen molar-refractivity contribution in [3.8, 4) is 5.75 Å². The second kappa shape index (κ2) is 9.55. The molecule has 0 aliphatic carbocycles. The molecule has 28 heavy (non-hydrogen) atoms. The molecule has 0 atom stereocenters. The molecule has 3 aromatic rings. The number of aromatic nitrogens is 1. The lowest BCUT2D eigenvalue weighted by Gasteiger charge is -2.29. The first kappa shape index (κ1) is 19.4. The van der Waals surface area contributed by atoms with Gasteiger partial charge in [0.15, 0.2) is 6.61 Å². The minimum atomic E-state index is -0.242. The molecule has 0 saturated carbocycles. The SMILES string of the molecule is CC(C)N(Cc1ccccc1)c1ccc(NC(=O)COc2ccccc2)nc1. The molecule has 5 nitrogen and oxygen atoms in total. The van der Waals surface area contributed by atoms with Gasteiger partial charge in [-0.05, 0) is 43.7 Å². The average molecular weight is 375 g/mol. The Balaban J connectivity index is 1.59. The van der Waals surface area contributed by atoms with E-state index in [1.165, 1.54) is 5.56 Å². The second-order valence-electron chi connectivity index (χ2n) is 6.76. The molecule has 5 heteroatoms. The van der Waals surface area contributed by atoms with E-state index in [-0.39, 0.29) is 12.5 Å². The van der Waals surface area contributed by atoms with Crippen molar-refractivity contribution in [2.24, 2.45) is 0 Å². The molecular formula is C23H25N3O2. The van der Waals surface area contributed by atoms with Crippen molar-refractivity contribution in [1.29, 1.82) is 0 Å². The molecule has 1 N–H and O–H groups in total. The summed E-state index contributed by atoms with van der Waals surface area (Å²) in [6, 6.07) is 23.7. The molecule has 0 spiro atoms. The number of hydrogen-bond donors (Lipinski definition) is 1. The highest BCUT2D eigenvalue weighted by Crippen LogP contribution is 2.20. The predicted octanol–water partition coefficient (Wildman–Crippen LogP) is 4.51. The highest BCUT2D eigenvalue weighted by atomic mass is 16.5. The molecule has 0 saturated heterocycles. The standard InChI is InChI=1S/C23H25N3O2/c1-18(2)26(16-19-9-5-3-6-10-19)20-13-14-22(24-15-20)25-23(27)17-28-21-11-7-4-8-12-21/h3-15,18H,16-17H2,1-2H3,(H,24,25,27). The van der Waals surface area contributed by atoms with E-state index in [4.69, 9.17) is 4.74 Å². The van der Waals surface area contributed by atoms with Crippen molar-refractivity contribution in [3.05, 3.63) is 84.6 Å². The van der Waals surface area contributed by atoms with Gasteiger partial charge in [0.1, 0.15) is 11.6 Å². The Morgan fingerprint density at radius 2 is 1.68 bits per heavy atom. The zero-order chi connectivity index (χ0) is 19.8. The van der Waals surface area contributed by atoms with Gasteiger partial charge in [-0.3, -0.25) is 4.79 Å². The predicted molar refractivity (Wildman–Crippen MR) is 113 cm³/mol. The van der Waals surface area contributed by atoms with Crippen LogP contribution >= 0.6 is 0 Å². The topological polar surface area (TPSA) is 54.5 Å². The van der Waals surface area contributed by atoms with Crippen molar-refractivity contribution >= 4 is 17.4 Å². The number of para-hydroxylation sites is 1. The maximum atomic E-state index is 12.1. The largest absolute Gasteiger partial charge is 0.484 e. The number of pyridine rings is 1. The number of rotatable bonds is 8. The van der Waals surface area contributed by atoms with Crippen LogP contribution in [0, 0.1) is 0 Å².